The maximum atomic E-state index is 11.4. The van der Waals surface area contributed by atoms with Gasteiger partial charge in [0.05, 0.1) is 46.2 Å². The average Bonchev–Trinajstić information content (AvgIpc) is 2.48. The van der Waals surface area contributed by atoms with Crippen molar-refractivity contribution in [2.45, 2.75) is 65.3 Å². The lowest BCUT2D eigenvalue weighted by Crippen LogP contribution is -2.41. The Labute approximate surface area is 166 Å². The minimum atomic E-state index is -1.68. The van der Waals surface area contributed by atoms with Crippen molar-refractivity contribution in [2.24, 2.45) is 0 Å². The maximum Gasteiger partial charge on any atom is 0.407 e. The predicted molar refractivity (Wildman–Crippen MR) is 110 cm³/mol. The number of alkyl carbamates (subject to hydrolysis) is 1. The molecule has 0 aliphatic heterocycles. The summed E-state index contributed by atoms with van der Waals surface area (Å²) in [5, 5.41) is 2.85. The van der Waals surface area contributed by atoms with Crippen molar-refractivity contribution in [1.82, 2.24) is 5.32 Å². The molecule has 0 fully saturated rings. The van der Waals surface area contributed by atoms with Gasteiger partial charge in [0, 0.05) is 6.54 Å². The molecule has 1 N–H and O–H groups in total. The van der Waals surface area contributed by atoms with Crippen LogP contribution >= 0.6 is 0 Å². The van der Waals surface area contributed by atoms with Crippen molar-refractivity contribution in [1.29, 1.82) is 0 Å². The second-order valence-corrected chi connectivity index (χ2v) is 13.7. The van der Waals surface area contributed by atoms with Gasteiger partial charge in [0.25, 0.3) is 0 Å². The topological polar surface area (TPSA) is 75.3 Å². The van der Waals surface area contributed by atoms with Crippen molar-refractivity contribution in [2.75, 3.05) is 52.8 Å². The molecule has 0 aromatic carbocycles. The number of amides is 1. The molecule has 0 bridgehead atoms. The van der Waals surface area contributed by atoms with E-state index in [0.29, 0.717) is 52.8 Å². The van der Waals surface area contributed by atoms with Crippen molar-refractivity contribution in [3.05, 3.63) is 0 Å². The maximum absolute atomic E-state index is 11.4. The molecule has 0 atom stereocenters. The standard InChI is InChI=1S/C19H41NO6Si/c1-18(2,3)26-17(21)20-9-10-22-11-12-23-13-14-24-15-16-25-27(7,8)19(4,5)6/h9-16H2,1-8H3,(H,20,21). The van der Waals surface area contributed by atoms with E-state index >= 15 is 0 Å². The molecule has 0 aromatic heterocycles. The molecule has 0 rings (SSSR count). The zero-order valence-corrected chi connectivity index (χ0v) is 19.6. The highest BCUT2D eigenvalue weighted by Crippen LogP contribution is 2.36. The summed E-state index contributed by atoms with van der Waals surface area (Å²) in [5.41, 5.74) is -0.488. The normalized spacial score (nSPS) is 12.9. The molecule has 0 saturated heterocycles. The van der Waals surface area contributed by atoms with Gasteiger partial charge in [0.1, 0.15) is 5.60 Å². The van der Waals surface area contributed by atoms with Crippen LogP contribution in [0.3, 0.4) is 0 Å². The van der Waals surface area contributed by atoms with E-state index in [1.807, 2.05) is 20.8 Å². The van der Waals surface area contributed by atoms with Crippen molar-refractivity contribution in [3.8, 4) is 0 Å². The first kappa shape index (κ1) is 26.3. The van der Waals surface area contributed by atoms with Crippen molar-refractivity contribution < 1.29 is 28.2 Å². The van der Waals surface area contributed by atoms with Gasteiger partial charge in [-0.1, -0.05) is 20.8 Å². The zero-order chi connectivity index (χ0) is 21.0. The van der Waals surface area contributed by atoms with Gasteiger partial charge in [0.15, 0.2) is 8.32 Å². The van der Waals surface area contributed by atoms with Gasteiger partial charge in [0.2, 0.25) is 0 Å². The van der Waals surface area contributed by atoms with Crippen LogP contribution in [-0.4, -0.2) is 72.8 Å². The van der Waals surface area contributed by atoms with E-state index in [9.17, 15) is 4.79 Å². The second-order valence-electron chi connectivity index (χ2n) is 8.87. The summed E-state index contributed by atoms with van der Waals surface area (Å²) < 4.78 is 27.5. The molecule has 0 unspecified atom stereocenters. The van der Waals surface area contributed by atoms with Gasteiger partial charge in [-0.2, -0.15) is 0 Å². The molecule has 0 aliphatic carbocycles. The van der Waals surface area contributed by atoms with Crippen LogP contribution in [-0.2, 0) is 23.4 Å². The Hall–Kier alpha value is -0.673. The fourth-order valence-corrected chi connectivity index (χ4v) is 2.68. The Balaban J connectivity index is 3.38. The first-order chi connectivity index (χ1) is 12.4. The molecular formula is C19H41NO6Si. The lowest BCUT2D eigenvalue weighted by atomic mass is 10.2. The Morgan fingerprint density at radius 1 is 0.778 bits per heavy atom. The third-order valence-corrected chi connectivity index (χ3v) is 8.69. The van der Waals surface area contributed by atoms with E-state index in [2.05, 4.69) is 39.2 Å². The molecular weight excluding hydrogens is 366 g/mol. The molecule has 0 saturated carbocycles. The lowest BCUT2D eigenvalue weighted by molar-refractivity contribution is 0.00828. The number of hydrogen-bond acceptors (Lipinski definition) is 6. The molecule has 8 heteroatoms. The summed E-state index contributed by atoms with van der Waals surface area (Å²) in [7, 11) is -1.68. The van der Waals surface area contributed by atoms with Crippen LogP contribution in [0.4, 0.5) is 4.79 Å². The molecule has 0 radical (unpaired) electrons. The van der Waals surface area contributed by atoms with Crippen LogP contribution in [0.1, 0.15) is 41.5 Å². The minimum Gasteiger partial charge on any atom is -0.444 e. The molecule has 27 heavy (non-hydrogen) atoms. The Morgan fingerprint density at radius 2 is 1.22 bits per heavy atom. The van der Waals surface area contributed by atoms with Crippen LogP contribution in [0.5, 0.6) is 0 Å². The molecule has 1 amide bonds. The van der Waals surface area contributed by atoms with Crippen LogP contribution < -0.4 is 5.32 Å². The molecule has 162 valence electrons. The minimum absolute atomic E-state index is 0.221. The molecule has 0 heterocycles. The number of rotatable bonds is 13. The lowest BCUT2D eigenvalue weighted by Gasteiger charge is -2.36. The van der Waals surface area contributed by atoms with Crippen molar-refractivity contribution in [3.63, 3.8) is 0 Å². The van der Waals surface area contributed by atoms with E-state index in [1.165, 1.54) is 0 Å². The molecule has 0 aromatic rings. The smallest absolute Gasteiger partial charge is 0.407 e. The third-order valence-electron chi connectivity index (χ3n) is 4.16. The highest BCUT2D eigenvalue weighted by molar-refractivity contribution is 6.74. The van der Waals surface area contributed by atoms with Crippen molar-refractivity contribution >= 4 is 14.4 Å². The Morgan fingerprint density at radius 3 is 1.67 bits per heavy atom. The largest absolute Gasteiger partial charge is 0.444 e. The fourth-order valence-electron chi connectivity index (χ4n) is 1.65. The predicted octanol–water partition coefficient (Wildman–Crippen LogP) is 3.58. The average molecular weight is 408 g/mol. The monoisotopic (exact) mass is 407 g/mol. The van der Waals surface area contributed by atoms with E-state index in [1.54, 1.807) is 0 Å². The number of nitrogens with one attached hydrogen (secondary N) is 1. The summed E-state index contributed by atoms with van der Waals surface area (Å²) in [6.45, 7) is 20.7. The number of carbonyl (C=O) groups excluding carboxylic acids is 1. The zero-order valence-electron chi connectivity index (χ0n) is 18.6. The summed E-state index contributed by atoms with van der Waals surface area (Å²) in [4.78, 5) is 11.4. The quantitative estimate of drug-likeness (QED) is 0.371. The number of ether oxygens (including phenoxy) is 4. The van der Waals surface area contributed by atoms with Crippen LogP contribution in [0.2, 0.25) is 18.1 Å². The van der Waals surface area contributed by atoms with Gasteiger partial charge in [-0.25, -0.2) is 4.79 Å². The number of carbonyl (C=O) groups is 1. The first-order valence-corrected chi connectivity index (χ1v) is 12.6. The van der Waals surface area contributed by atoms with Gasteiger partial charge < -0.3 is 28.7 Å². The second kappa shape index (κ2) is 12.7. The van der Waals surface area contributed by atoms with E-state index in [0.717, 1.165) is 0 Å². The van der Waals surface area contributed by atoms with Crippen LogP contribution in [0.15, 0.2) is 0 Å². The molecule has 7 nitrogen and oxygen atoms in total. The highest BCUT2D eigenvalue weighted by atomic mass is 28.4. The summed E-state index contributed by atoms with van der Waals surface area (Å²) in [5.74, 6) is 0. The first-order valence-electron chi connectivity index (χ1n) is 9.69. The van der Waals surface area contributed by atoms with E-state index in [-0.39, 0.29) is 5.04 Å². The molecule has 0 aliphatic rings. The molecule has 0 spiro atoms. The number of hydrogen-bond donors (Lipinski definition) is 1. The van der Waals surface area contributed by atoms with Gasteiger partial charge in [-0.05, 0) is 38.9 Å². The highest BCUT2D eigenvalue weighted by Gasteiger charge is 2.36. The van der Waals surface area contributed by atoms with Crippen LogP contribution in [0, 0.1) is 0 Å². The summed E-state index contributed by atoms with van der Waals surface area (Å²) in [6.07, 6.45) is -0.433. The van der Waals surface area contributed by atoms with Crippen LogP contribution in [0.25, 0.3) is 0 Å². The van der Waals surface area contributed by atoms with E-state index in [4.69, 9.17) is 23.4 Å². The Kier molecular flexibility index (Phi) is 12.4. The van der Waals surface area contributed by atoms with Gasteiger partial charge >= 0.3 is 6.09 Å². The fraction of sp³-hybridized carbons (Fsp3) is 0.947. The third kappa shape index (κ3) is 15.0. The van der Waals surface area contributed by atoms with Gasteiger partial charge in [-0.3, -0.25) is 0 Å². The van der Waals surface area contributed by atoms with E-state index < -0.39 is 20.0 Å². The van der Waals surface area contributed by atoms with Gasteiger partial charge in [-0.15, -0.1) is 0 Å². The SMILES string of the molecule is CC(C)(C)OC(=O)NCCOCCOCCOCCO[Si](C)(C)C(C)(C)C. The Bertz CT molecular complexity index is 404. The summed E-state index contributed by atoms with van der Waals surface area (Å²) >= 11 is 0. The summed E-state index contributed by atoms with van der Waals surface area (Å²) in [6, 6.07) is 0.